The maximum Gasteiger partial charge on any atom is 0.306 e. The van der Waals surface area contributed by atoms with Crippen LogP contribution in [0, 0.1) is 11.8 Å². The first kappa shape index (κ1) is 59.3. The monoisotopic (exact) mass is 1080 g/mol. The Morgan fingerprint density at radius 3 is 2.19 bits per heavy atom. The summed E-state index contributed by atoms with van der Waals surface area (Å²) in [5.41, 5.74) is 2.57. The van der Waals surface area contributed by atoms with Crippen LogP contribution in [0.25, 0.3) is 0 Å². The number of phenolic OH excluding ortho intramolecular Hbond substituents is 2. The number of benzene rings is 3. The van der Waals surface area contributed by atoms with Gasteiger partial charge in [-0.2, -0.15) is 0 Å². The van der Waals surface area contributed by atoms with Crippen molar-refractivity contribution in [3.63, 3.8) is 0 Å². The lowest BCUT2D eigenvalue weighted by atomic mass is 9.72. The van der Waals surface area contributed by atoms with Crippen molar-refractivity contribution in [2.75, 3.05) is 34.0 Å². The molecule has 6 rings (SSSR count). The van der Waals surface area contributed by atoms with E-state index in [4.69, 9.17) is 34.2 Å². The van der Waals surface area contributed by atoms with Crippen molar-refractivity contribution >= 4 is 52.6 Å². The molecule has 9 N–H and O–H groups in total. The highest BCUT2D eigenvalue weighted by Crippen LogP contribution is 2.53. The van der Waals surface area contributed by atoms with Gasteiger partial charge in [-0.05, 0) is 38.0 Å². The number of aliphatic hydroxyl groups excluding tert-OH is 2. The average Bonchev–Trinajstić information content (AvgIpc) is 3.49. The quantitative estimate of drug-likeness (QED) is 0.0261. The lowest BCUT2D eigenvalue weighted by Crippen LogP contribution is -2.50. The van der Waals surface area contributed by atoms with E-state index in [2.05, 4.69) is 10.6 Å². The Morgan fingerprint density at radius 1 is 0.883 bits per heavy atom. The fourth-order valence-electron chi connectivity index (χ4n) is 9.71. The number of fused-ring (bicyclic) bond motifs is 3. The average molecular weight is 1080 g/mol. The Bertz CT molecular complexity index is 2780. The van der Waals surface area contributed by atoms with E-state index in [1.807, 2.05) is 0 Å². The number of rotatable bonds is 25. The molecule has 23 nitrogen and oxygen atoms in total. The number of aliphatic hydroxyl groups is 3. The van der Waals surface area contributed by atoms with Gasteiger partial charge in [-0.3, -0.25) is 43.2 Å². The Balaban J connectivity index is 1.06. The van der Waals surface area contributed by atoms with E-state index in [9.17, 15) is 68.7 Å². The molecule has 2 aliphatic carbocycles. The third-order valence-electron chi connectivity index (χ3n) is 14.0. The number of Topliss-reactive ketones (excluding diaryl/α,β-unsaturated/α-hetero) is 3. The summed E-state index contributed by atoms with van der Waals surface area (Å²) >= 11 is 0. The first-order chi connectivity index (χ1) is 36.4. The van der Waals surface area contributed by atoms with E-state index in [0.717, 1.165) is 6.92 Å². The van der Waals surface area contributed by atoms with Crippen molar-refractivity contribution in [2.24, 2.45) is 17.6 Å². The van der Waals surface area contributed by atoms with E-state index in [0.29, 0.717) is 11.1 Å². The maximum absolute atomic E-state index is 14.0. The van der Waals surface area contributed by atoms with E-state index < -0.39 is 168 Å². The normalized spacial score (nSPS) is 22.2. The van der Waals surface area contributed by atoms with Crippen LogP contribution in [-0.2, 0) is 76.7 Å². The SMILES string of the molecule is COCCOCC(=O)N[C@H](C(=O)C[C@@H](C)C(=O)N[C@@H](CC(N)=O)C(=O)Cc1ccc(COC(=O)C[C@H]2C[C@H](O[C@H]3C[C@](O)(C(C)=O)Cc4c(O)c5c(c(O)c43)C(=O)c3c(OC)cccc3C5=O)O[C@@H](C)[C@H]2O)cc1)C(C)O. The Morgan fingerprint density at radius 2 is 1.56 bits per heavy atom. The molecule has 1 heterocycles. The highest BCUT2D eigenvalue weighted by atomic mass is 16.7. The van der Waals surface area contributed by atoms with Gasteiger partial charge in [0.1, 0.15) is 42.1 Å². The van der Waals surface area contributed by atoms with Gasteiger partial charge in [-0.25, -0.2) is 0 Å². The lowest BCUT2D eigenvalue weighted by Gasteiger charge is -2.42. The summed E-state index contributed by atoms with van der Waals surface area (Å²) in [4.78, 5) is 118. The van der Waals surface area contributed by atoms with Crippen molar-refractivity contribution in [3.05, 3.63) is 87.0 Å². The molecule has 416 valence electrons. The van der Waals surface area contributed by atoms with Crippen molar-refractivity contribution in [3.8, 4) is 17.2 Å². The van der Waals surface area contributed by atoms with Crippen LogP contribution < -0.4 is 21.1 Å². The highest BCUT2D eigenvalue weighted by molar-refractivity contribution is 6.31. The van der Waals surface area contributed by atoms with Gasteiger partial charge in [-0.15, -0.1) is 0 Å². The lowest BCUT2D eigenvalue weighted by molar-refractivity contribution is -0.257. The van der Waals surface area contributed by atoms with Gasteiger partial charge < -0.3 is 70.3 Å². The third kappa shape index (κ3) is 13.8. The smallest absolute Gasteiger partial charge is 0.306 e. The van der Waals surface area contributed by atoms with Gasteiger partial charge in [0.05, 0.1) is 80.3 Å². The van der Waals surface area contributed by atoms with Crippen LogP contribution >= 0.6 is 0 Å². The van der Waals surface area contributed by atoms with Crippen molar-refractivity contribution in [1.82, 2.24) is 10.6 Å². The predicted octanol–water partition coefficient (Wildman–Crippen LogP) is 1.05. The number of ether oxygens (including phenoxy) is 6. The first-order valence-electron chi connectivity index (χ1n) is 24.9. The molecule has 1 fully saturated rings. The zero-order chi connectivity index (χ0) is 56.6. The number of aromatic hydroxyl groups is 2. The standard InChI is InChI=1S/C54H65N3O20/c1-25(16-36(61)47(26(2)58)57-40(63)24-74-15-14-72-5)53(70)56-34(20-39(55)62)35(60)17-29-10-12-30(13-11-29)23-75-41(64)18-31-19-42(76-27(3)48(31)65)77-38-22-54(71,28(4)59)21-33-44(38)52(69)46-45(50(33)67)49(66)32-8-7-9-37(73-6)43(32)51(46)68/h7-13,25-27,31,34,38,42,47-48,58,65,67,69,71H,14-24H2,1-6H3,(H2,55,62)(H,56,70)(H,57,63)/t25-,26?,27+,31+,34+,38+,42+,47+,48-,54+/m1/s1. The molecule has 23 heteroatoms. The number of amides is 3. The molecule has 0 bridgehead atoms. The molecule has 0 saturated carbocycles. The van der Waals surface area contributed by atoms with Gasteiger partial charge in [0.15, 0.2) is 29.4 Å². The minimum atomic E-state index is -2.17. The van der Waals surface area contributed by atoms with Gasteiger partial charge in [-0.1, -0.05) is 43.3 Å². The van der Waals surface area contributed by atoms with Crippen molar-refractivity contribution in [2.45, 2.75) is 128 Å². The summed E-state index contributed by atoms with van der Waals surface area (Å²) in [5.74, 6) is -9.93. The largest absolute Gasteiger partial charge is 0.507 e. The number of carbonyl (C=O) groups is 9. The van der Waals surface area contributed by atoms with Gasteiger partial charge in [0.25, 0.3) is 0 Å². The summed E-state index contributed by atoms with van der Waals surface area (Å²) in [6.07, 6.45) is -8.88. The van der Waals surface area contributed by atoms with Gasteiger partial charge in [0, 0.05) is 67.7 Å². The minimum Gasteiger partial charge on any atom is -0.507 e. The second kappa shape index (κ2) is 25.4. The fraction of sp³-hybridized carbons (Fsp3) is 0.500. The van der Waals surface area contributed by atoms with E-state index in [-0.39, 0.29) is 67.1 Å². The molecule has 3 aliphatic rings. The van der Waals surface area contributed by atoms with Crippen LogP contribution in [0.5, 0.6) is 17.2 Å². The number of methoxy groups -OCH3 is 2. The number of hydrogen-bond donors (Lipinski definition) is 8. The molecular formula is C54H65N3O20. The first-order valence-corrected chi connectivity index (χ1v) is 24.9. The molecule has 3 amide bonds. The van der Waals surface area contributed by atoms with Crippen LogP contribution in [-0.4, -0.2) is 154 Å². The van der Waals surface area contributed by atoms with Crippen LogP contribution in [0.15, 0.2) is 42.5 Å². The van der Waals surface area contributed by atoms with Crippen LogP contribution in [0.4, 0.5) is 0 Å². The topological polar surface area (TPSA) is 360 Å². The van der Waals surface area contributed by atoms with E-state index in [1.54, 1.807) is 24.3 Å². The summed E-state index contributed by atoms with van der Waals surface area (Å²) in [7, 11) is 2.75. The Labute approximate surface area is 442 Å². The molecule has 10 atom stereocenters. The van der Waals surface area contributed by atoms with Crippen LogP contribution in [0.2, 0.25) is 0 Å². The molecular weight excluding hydrogens is 1010 g/mol. The molecule has 0 spiro atoms. The summed E-state index contributed by atoms with van der Waals surface area (Å²) in [5, 5.41) is 61.4. The molecule has 3 aromatic rings. The number of phenols is 2. The zero-order valence-corrected chi connectivity index (χ0v) is 43.5. The van der Waals surface area contributed by atoms with Crippen LogP contribution in [0.3, 0.4) is 0 Å². The van der Waals surface area contributed by atoms with E-state index in [1.165, 1.54) is 53.2 Å². The number of primary amides is 1. The molecule has 1 aliphatic heterocycles. The molecule has 77 heavy (non-hydrogen) atoms. The molecule has 1 unspecified atom stereocenters. The number of esters is 1. The van der Waals surface area contributed by atoms with E-state index >= 15 is 0 Å². The molecule has 0 aromatic heterocycles. The van der Waals surface area contributed by atoms with Gasteiger partial charge >= 0.3 is 5.97 Å². The second-order valence-corrected chi connectivity index (χ2v) is 19.7. The summed E-state index contributed by atoms with van der Waals surface area (Å²) in [6.45, 7) is 5.06. The molecule has 3 aromatic carbocycles. The van der Waals surface area contributed by atoms with Crippen molar-refractivity contribution in [1.29, 1.82) is 0 Å². The number of nitrogens with one attached hydrogen (secondary N) is 2. The second-order valence-electron chi connectivity index (χ2n) is 19.7. The Kier molecular flexibility index (Phi) is 19.6. The third-order valence-corrected chi connectivity index (χ3v) is 14.0. The minimum absolute atomic E-state index is 0.0488. The number of ketones is 5. The highest BCUT2D eigenvalue weighted by Gasteiger charge is 2.50. The Hall–Kier alpha value is -6.99. The van der Waals surface area contributed by atoms with Crippen LogP contribution in [0.1, 0.15) is 120 Å². The number of carbonyl (C=O) groups excluding carboxylic acids is 9. The molecule has 0 radical (unpaired) electrons. The van der Waals surface area contributed by atoms with Crippen molar-refractivity contribution < 1.29 is 97.1 Å². The number of nitrogens with two attached hydrogens (primary N) is 1. The summed E-state index contributed by atoms with van der Waals surface area (Å²) in [6, 6.07) is 7.88. The maximum atomic E-state index is 14.0. The zero-order valence-electron chi connectivity index (χ0n) is 43.5. The predicted molar refractivity (Wildman–Crippen MR) is 266 cm³/mol. The fourth-order valence-corrected chi connectivity index (χ4v) is 9.71. The molecule has 1 saturated heterocycles. The summed E-state index contributed by atoms with van der Waals surface area (Å²) < 4.78 is 33.2. The van der Waals surface area contributed by atoms with Gasteiger partial charge in [0.2, 0.25) is 23.5 Å². The number of hydrogen-bond acceptors (Lipinski definition) is 20.